The van der Waals surface area contributed by atoms with Crippen molar-refractivity contribution in [2.24, 2.45) is 0 Å². The van der Waals surface area contributed by atoms with Gasteiger partial charge in [-0.2, -0.15) is 4.68 Å². The average Bonchev–Trinajstić information content (AvgIpc) is 2.97. The SMILES string of the molecule is COc1ccc(-n2nnc3c(SCC(C)=O)ncnc32)cc1. The van der Waals surface area contributed by atoms with Gasteiger partial charge >= 0.3 is 0 Å². The van der Waals surface area contributed by atoms with Gasteiger partial charge in [-0.15, -0.1) is 5.10 Å². The first kappa shape index (κ1) is 14.5. The minimum atomic E-state index is 0.0827. The number of hydrogen-bond acceptors (Lipinski definition) is 7. The molecule has 2 heterocycles. The van der Waals surface area contributed by atoms with Crippen molar-refractivity contribution in [3.05, 3.63) is 30.6 Å². The number of methoxy groups -OCH3 is 1. The monoisotopic (exact) mass is 315 g/mol. The first-order chi connectivity index (χ1) is 10.7. The lowest BCUT2D eigenvalue weighted by Crippen LogP contribution is -1.99. The number of thioether (sulfide) groups is 1. The number of benzene rings is 1. The lowest BCUT2D eigenvalue weighted by atomic mass is 10.3. The minimum Gasteiger partial charge on any atom is -0.497 e. The second kappa shape index (κ2) is 6.10. The summed E-state index contributed by atoms with van der Waals surface area (Å²) in [6.07, 6.45) is 1.45. The van der Waals surface area contributed by atoms with E-state index in [9.17, 15) is 4.79 Å². The van der Waals surface area contributed by atoms with Crippen molar-refractivity contribution in [3.63, 3.8) is 0 Å². The number of aromatic nitrogens is 5. The van der Waals surface area contributed by atoms with Crippen molar-refractivity contribution >= 4 is 28.7 Å². The molecule has 0 aliphatic carbocycles. The number of nitrogens with zero attached hydrogens (tertiary/aromatic N) is 5. The molecule has 0 radical (unpaired) electrons. The summed E-state index contributed by atoms with van der Waals surface area (Å²) in [5, 5.41) is 8.93. The molecule has 22 heavy (non-hydrogen) atoms. The predicted octanol–water partition coefficient (Wildman–Crippen LogP) is 1.90. The van der Waals surface area contributed by atoms with Crippen LogP contribution in [-0.2, 0) is 4.79 Å². The third-order valence-electron chi connectivity index (χ3n) is 2.93. The molecule has 0 aliphatic heterocycles. The topological polar surface area (TPSA) is 82.8 Å². The molecule has 0 atom stereocenters. The Kier molecular flexibility index (Phi) is 4.01. The number of fused-ring (bicyclic) bond motifs is 1. The van der Waals surface area contributed by atoms with Gasteiger partial charge in [0.15, 0.2) is 11.2 Å². The van der Waals surface area contributed by atoms with Gasteiger partial charge in [0.2, 0.25) is 0 Å². The number of hydrogen-bond donors (Lipinski definition) is 0. The summed E-state index contributed by atoms with van der Waals surface area (Å²) >= 11 is 1.34. The summed E-state index contributed by atoms with van der Waals surface area (Å²) in [7, 11) is 1.62. The van der Waals surface area contributed by atoms with E-state index in [0.717, 1.165) is 11.4 Å². The summed E-state index contributed by atoms with van der Waals surface area (Å²) in [5.41, 5.74) is 2.01. The van der Waals surface area contributed by atoms with Gasteiger partial charge in [-0.05, 0) is 31.2 Å². The third kappa shape index (κ3) is 2.77. The van der Waals surface area contributed by atoms with Crippen LogP contribution in [0.4, 0.5) is 0 Å². The normalized spacial score (nSPS) is 10.8. The molecule has 3 aromatic rings. The van der Waals surface area contributed by atoms with Crippen molar-refractivity contribution in [1.82, 2.24) is 25.0 Å². The maximum atomic E-state index is 11.1. The summed E-state index contributed by atoms with van der Waals surface area (Å²) in [4.78, 5) is 19.5. The van der Waals surface area contributed by atoms with Crippen molar-refractivity contribution in [2.45, 2.75) is 11.9 Å². The molecule has 0 saturated heterocycles. The number of carbonyl (C=O) groups excluding carboxylic acids is 1. The molecule has 0 N–H and O–H groups in total. The van der Waals surface area contributed by atoms with Gasteiger partial charge in [-0.25, -0.2) is 9.97 Å². The van der Waals surface area contributed by atoms with Gasteiger partial charge in [-0.1, -0.05) is 17.0 Å². The van der Waals surface area contributed by atoms with E-state index in [-0.39, 0.29) is 5.78 Å². The number of ketones is 1. The van der Waals surface area contributed by atoms with Crippen LogP contribution < -0.4 is 4.74 Å². The van der Waals surface area contributed by atoms with Gasteiger partial charge in [-0.3, -0.25) is 4.79 Å². The van der Waals surface area contributed by atoms with E-state index in [2.05, 4.69) is 20.3 Å². The summed E-state index contributed by atoms with van der Waals surface area (Å²) in [6.45, 7) is 1.54. The molecule has 3 rings (SSSR count). The lowest BCUT2D eigenvalue weighted by Gasteiger charge is -2.03. The van der Waals surface area contributed by atoms with E-state index in [0.29, 0.717) is 21.9 Å². The molecule has 0 spiro atoms. The second-order valence-corrected chi connectivity index (χ2v) is 5.51. The van der Waals surface area contributed by atoms with Crippen LogP contribution in [0.3, 0.4) is 0 Å². The van der Waals surface area contributed by atoms with E-state index in [1.807, 2.05) is 24.3 Å². The van der Waals surface area contributed by atoms with Gasteiger partial charge in [0.05, 0.1) is 18.6 Å². The van der Waals surface area contributed by atoms with Crippen LogP contribution in [0, 0.1) is 0 Å². The molecule has 0 saturated carbocycles. The molecule has 2 aromatic heterocycles. The maximum Gasteiger partial charge on any atom is 0.187 e. The Labute approximate surface area is 130 Å². The van der Waals surface area contributed by atoms with Crippen molar-refractivity contribution in [2.75, 3.05) is 12.9 Å². The van der Waals surface area contributed by atoms with Crippen LogP contribution in [0.5, 0.6) is 5.75 Å². The fraction of sp³-hybridized carbons (Fsp3) is 0.214. The van der Waals surface area contributed by atoms with Crippen molar-refractivity contribution in [3.8, 4) is 11.4 Å². The fourth-order valence-electron chi connectivity index (χ4n) is 1.90. The quantitative estimate of drug-likeness (QED) is 0.525. The van der Waals surface area contributed by atoms with Gasteiger partial charge < -0.3 is 4.74 Å². The summed E-state index contributed by atoms with van der Waals surface area (Å²) in [6, 6.07) is 7.43. The Bertz CT molecular complexity index is 816. The minimum absolute atomic E-state index is 0.0827. The molecule has 0 aliphatic rings. The van der Waals surface area contributed by atoms with Crippen LogP contribution in [0.25, 0.3) is 16.9 Å². The molecular weight excluding hydrogens is 302 g/mol. The second-order valence-electron chi connectivity index (χ2n) is 4.54. The number of Topliss-reactive ketones (excluding diaryl/α,β-unsaturated/α-hetero) is 1. The average molecular weight is 315 g/mol. The standard InChI is InChI=1S/C14H13N5O2S/c1-9(20)7-22-14-12-13(15-8-16-14)19(18-17-12)10-3-5-11(21-2)6-4-10/h3-6,8H,7H2,1-2H3. The van der Waals surface area contributed by atoms with Crippen LogP contribution in [-0.4, -0.2) is 43.6 Å². The van der Waals surface area contributed by atoms with Gasteiger partial charge in [0, 0.05) is 0 Å². The lowest BCUT2D eigenvalue weighted by molar-refractivity contribution is -0.114. The Morgan fingerprint density at radius 2 is 2.05 bits per heavy atom. The smallest absolute Gasteiger partial charge is 0.187 e. The molecule has 0 bridgehead atoms. The number of ether oxygens (including phenoxy) is 1. The summed E-state index contributed by atoms with van der Waals surface area (Å²) in [5.74, 6) is 1.20. The molecule has 8 heteroatoms. The highest BCUT2D eigenvalue weighted by atomic mass is 32.2. The van der Waals surface area contributed by atoms with E-state index in [4.69, 9.17) is 4.74 Å². The van der Waals surface area contributed by atoms with Crippen LogP contribution >= 0.6 is 11.8 Å². The zero-order valence-electron chi connectivity index (χ0n) is 12.1. The highest BCUT2D eigenvalue weighted by Gasteiger charge is 2.13. The number of rotatable bonds is 5. The van der Waals surface area contributed by atoms with Crippen LogP contribution in [0.2, 0.25) is 0 Å². The zero-order valence-corrected chi connectivity index (χ0v) is 12.9. The maximum absolute atomic E-state index is 11.1. The highest BCUT2D eigenvalue weighted by Crippen LogP contribution is 2.24. The Balaban J connectivity index is 2.00. The van der Waals surface area contributed by atoms with Crippen molar-refractivity contribution in [1.29, 1.82) is 0 Å². The third-order valence-corrected chi connectivity index (χ3v) is 4.06. The van der Waals surface area contributed by atoms with E-state index < -0.39 is 0 Å². The molecule has 0 fully saturated rings. The molecule has 0 amide bonds. The first-order valence-corrected chi connectivity index (χ1v) is 7.50. The first-order valence-electron chi connectivity index (χ1n) is 6.52. The Hall–Kier alpha value is -2.48. The molecular formula is C14H13N5O2S. The largest absolute Gasteiger partial charge is 0.497 e. The predicted molar refractivity (Wildman–Crippen MR) is 82.4 cm³/mol. The van der Waals surface area contributed by atoms with E-state index >= 15 is 0 Å². The Morgan fingerprint density at radius 3 is 2.73 bits per heavy atom. The van der Waals surface area contributed by atoms with E-state index in [1.54, 1.807) is 18.7 Å². The van der Waals surface area contributed by atoms with Gasteiger partial charge in [0.25, 0.3) is 0 Å². The number of carbonyl (C=O) groups is 1. The zero-order chi connectivity index (χ0) is 15.5. The highest BCUT2D eigenvalue weighted by molar-refractivity contribution is 8.00. The summed E-state index contributed by atoms with van der Waals surface area (Å²) < 4.78 is 6.77. The molecule has 0 unspecified atom stereocenters. The molecule has 7 nitrogen and oxygen atoms in total. The van der Waals surface area contributed by atoms with E-state index in [1.165, 1.54) is 18.1 Å². The van der Waals surface area contributed by atoms with Crippen LogP contribution in [0.1, 0.15) is 6.92 Å². The fourth-order valence-corrected chi connectivity index (χ4v) is 2.63. The van der Waals surface area contributed by atoms with Crippen LogP contribution in [0.15, 0.2) is 35.6 Å². The van der Waals surface area contributed by atoms with Gasteiger partial charge in [0.1, 0.15) is 22.9 Å². The Morgan fingerprint density at radius 1 is 1.27 bits per heavy atom. The molecule has 112 valence electrons. The molecule has 1 aromatic carbocycles. The van der Waals surface area contributed by atoms with Crippen molar-refractivity contribution < 1.29 is 9.53 Å².